The van der Waals surface area contributed by atoms with Crippen LogP contribution in [-0.4, -0.2) is 38.5 Å². The van der Waals surface area contributed by atoms with E-state index in [1.54, 1.807) is 0 Å². The van der Waals surface area contributed by atoms with Crippen LogP contribution in [0, 0.1) is 0 Å². The molecule has 1 N–H and O–H groups in total. The molecule has 15 heavy (non-hydrogen) atoms. The zero-order chi connectivity index (χ0) is 10.3. The zero-order valence-corrected chi connectivity index (χ0v) is 9.54. The van der Waals surface area contributed by atoms with Gasteiger partial charge in [-0.3, -0.25) is 0 Å². The average molecular weight is 213 g/mol. The van der Waals surface area contributed by atoms with E-state index in [4.69, 9.17) is 9.47 Å². The summed E-state index contributed by atoms with van der Waals surface area (Å²) < 4.78 is 11.0. The van der Waals surface area contributed by atoms with Crippen molar-refractivity contribution in [2.75, 3.05) is 26.4 Å². The molecule has 2 fully saturated rings. The van der Waals surface area contributed by atoms with Crippen molar-refractivity contribution in [2.45, 2.75) is 50.7 Å². The zero-order valence-electron chi connectivity index (χ0n) is 9.54. The van der Waals surface area contributed by atoms with Gasteiger partial charge in [-0.05, 0) is 32.2 Å². The van der Waals surface area contributed by atoms with Crippen molar-refractivity contribution < 1.29 is 9.47 Å². The van der Waals surface area contributed by atoms with Gasteiger partial charge < -0.3 is 14.8 Å². The minimum atomic E-state index is 0.372. The molecule has 2 rings (SSSR count). The average Bonchev–Trinajstić information content (AvgIpc) is 2.88. The summed E-state index contributed by atoms with van der Waals surface area (Å²) >= 11 is 0. The van der Waals surface area contributed by atoms with E-state index >= 15 is 0 Å². The Bertz CT molecular complexity index is 145. The second kappa shape index (κ2) is 6.46. The van der Waals surface area contributed by atoms with Crippen LogP contribution in [0.25, 0.3) is 0 Å². The van der Waals surface area contributed by atoms with Crippen LogP contribution in [0.4, 0.5) is 0 Å². The largest absolute Gasteiger partial charge is 0.379 e. The molecule has 3 heteroatoms. The number of hydrogen-bond acceptors (Lipinski definition) is 3. The van der Waals surface area contributed by atoms with Crippen molar-refractivity contribution in [3.05, 3.63) is 0 Å². The molecule has 1 saturated heterocycles. The van der Waals surface area contributed by atoms with Crippen LogP contribution >= 0.6 is 0 Å². The first-order valence-electron chi connectivity index (χ1n) is 6.38. The van der Waals surface area contributed by atoms with Crippen LogP contribution in [-0.2, 0) is 9.47 Å². The Hall–Kier alpha value is -0.120. The summed E-state index contributed by atoms with van der Waals surface area (Å²) in [6.07, 6.45) is 8.15. The lowest BCUT2D eigenvalue weighted by Crippen LogP contribution is -2.28. The van der Waals surface area contributed by atoms with E-state index in [1.807, 2.05) is 0 Å². The van der Waals surface area contributed by atoms with Crippen molar-refractivity contribution in [2.24, 2.45) is 0 Å². The second-order valence-electron chi connectivity index (χ2n) is 4.65. The lowest BCUT2D eigenvalue weighted by atomic mass is 10.2. The first kappa shape index (κ1) is 11.4. The summed E-state index contributed by atoms with van der Waals surface area (Å²) in [5.41, 5.74) is 0. The van der Waals surface area contributed by atoms with Gasteiger partial charge in [0.05, 0.1) is 12.7 Å². The maximum absolute atomic E-state index is 5.70. The normalized spacial score (nSPS) is 27.6. The fourth-order valence-corrected chi connectivity index (χ4v) is 2.40. The molecule has 0 radical (unpaired) electrons. The van der Waals surface area contributed by atoms with Gasteiger partial charge in [-0.1, -0.05) is 12.8 Å². The molecule has 0 amide bonds. The Balaban J connectivity index is 1.41. The maximum atomic E-state index is 5.70. The SMILES string of the molecule is C(CNC1CCCC1)COC1CCOC1. The summed E-state index contributed by atoms with van der Waals surface area (Å²) in [7, 11) is 0. The van der Waals surface area contributed by atoms with Crippen LogP contribution < -0.4 is 5.32 Å². The number of rotatable bonds is 6. The molecule has 3 nitrogen and oxygen atoms in total. The van der Waals surface area contributed by atoms with Crippen LogP contribution in [0.15, 0.2) is 0 Å². The molecule has 1 atom stereocenters. The Labute approximate surface area is 92.5 Å². The predicted octanol–water partition coefficient (Wildman–Crippen LogP) is 1.71. The van der Waals surface area contributed by atoms with Crippen molar-refractivity contribution in [3.63, 3.8) is 0 Å². The van der Waals surface area contributed by atoms with E-state index in [1.165, 1.54) is 25.7 Å². The summed E-state index contributed by atoms with van der Waals surface area (Å²) in [6.45, 7) is 3.67. The minimum Gasteiger partial charge on any atom is -0.379 e. The highest BCUT2D eigenvalue weighted by molar-refractivity contribution is 4.73. The number of nitrogens with one attached hydrogen (secondary N) is 1. The highest BCUT2D eigenvalue weighted by Gasteiger charge is 2.16. The molecule has 1 aliphatic heterocycles. The fraction of sp³-hybridized carbons (Fsp3) is 1.00. The van der Waals surface area contributed by atoms with E-state index in [0.29, 0.717) is 6.10 Å². The molecule has 1 unspecified atom stereocenters. The smallest absolute Gasteiger partial charge is 0.0830 e. The second-order valence-corrected chi connectivity index (χ2v) is 4.65. The molecule has 0 aromatic rings. The molecule has 1 aliphatic carbocycles. The van der Waals surface area contributed by atoms with E-state index in [2.05, 4.69) is 5.32 Å². The lowest BCUT2D eigenvalue weighted by Gasteiger charge is -2.13. The molecule has 0 aromatic heterocycles. The van der Waals surface area contributed by atoms with Crippen LogP contribution in [0.5, 0.6) is 0 Å². The fourth-order valence-electron chi connectivity index (χ4n) is 2.40. The monoisotopic (exact) mass is 213 g/mol. The van der Waals surface area contributed by atoms with Gasteiger partial charge in [-0.25, -0.2) is 0 Å². The van der Waals surface area contributed by atoms with Gasteiger partial charge in [-0.15, -0.1) is 0 Å². The first-order valence-corrected chi connectivity index (χ1v) is 6.38. The Morgan fingerprint density at radius 1 is 1.20 bits per heavy atom. The first-order chi connectivity index (χ1) is 7.45. The summed E-state index contributed by atoms with van der Waals surface area (Å²) in [5, 5.41) is 3.60. The van der Waals surface area contributed by atoms with Crippen LogP contribution in [0.2, 0.25) is 0 Å². The van der Waals surface area contributed by atoms with Crippen molar-refractivity contribution in [1.29, 1.82) is 0 Å². The molecule has 0 spiro atoms. The highest BCUT2D eigenvalue weighted by atomic mass is 16.5. The summed E-state index contributed by atoms with van der Waals surface area (Å²) in [5.74, 6) is 0. The maximum Gasteiger partial charge on any atom is 0.0830 e. The van der Waals surface area contributed by atoms with Crippen LogP contribution in [0.1, 0.15) is 38.5 Å². The molecule has 0 bridgehead atoms. The topological polar surface area (TPSA) is 30.5 Å². The van der Waals surface area contributed by atoms with Crippen molar-refractivity contribution in [1.82, 2.24) is 5.32 Å². The van der Waals surface area contributed by atoms with Gasteiger partial charge in [0.2, 0.25) is 0 Å². The van der Waals surface area contributed by atoms with Gasteiger partial charge in [0.1, 0.15) is 0 Å². The van der Waals surface area contributed by atoms with E-state index in [9.17, 15) is 0 Å². The molecule has 1 heterocycles. The Kier molecular flexibility index (Phi) is 4.90. The van der Waals surface area contributed by atoms with E-state index < -0.39 is 0 Å². The lowest BCUT2D eigenvalue weighted by molar-refractivity contribution is 0.0414. The molecular weight excluding hydrogens is 190 g/mol. The molecule has 1 saturated carbocycles. The van der Waals surface area contributed by atoms with E-state index in [-0.39, 0.29) is 0 Å². The summed E-state index contributed by atoms with van der Waals surface area (Å²) in [4.78, 5) is 0. The van der Waals surface area contributed by atoms with Gasteiger partial charge in [-0.2, -0.15) is 0 Å². The molecular formula is C12H23NO2. The van der Waals surface area contributed by atoms with E-state index in [0.717, 1.165) is 45.2 Å². The Morgan fingerprint density at radius 2 is 2.07 bits per heavy atom. The van der Waals surface area contributed by atoms with Crippen molar-refractivity contribution in [3.8, 4) is 0 Å². The van der Waals surface area contributed by atoms with Crippen LogP contribution in [0.3, 0.4) is 0 Å². The van der Waals surface area contributed by atoms with Crippen molar-refractivity contribution >= 4 is 0 Å². The standard InChI is InChI=1S/C12H23NO2/c1-2-5-11(4-1)13-7-3-8-15-12-6-9-14-10-12/h11-13H,1-10H2. The molecule has 88 valence electrons. The number of ether oxygens (including phenoxy) is 2. The third-order valence-corrected chi connectivity index (χ3v) is 3.35. The quantitative estimate of drug-likeness (QED) is 0.681. The van der Waals surface area contributed by atoms with Gasteiger partial charge in [0.15, 0.2) is 0 Å². The summed E-state index contributed by atoms with van der Waals surface area (Å²) in [6, 6.07) is 0.791. The number of hydrogen-bond donors (Lipinski definition) is 1. The van der Waals surface area contributed by atoms with Gasteiger partial charge >= 0.3 is 0 Å². The van der Waals surface area contributed by atoms with Gasteiger partial charge in [0, 0.05) is 19.3 Å². The third-order valence-electron chi connectivity index (χ3n) is 3.35. The van der Waals surface area contributed by atoms with Gasteiger partial charge in [0.25, 0.3) is 0 Å². The predicted molar refractivity (Wildman–Crippen MR) is 60.1 cm³/mol. The minimum absolute atomic E-state index is 0.372. The molecule has 0 aromatic carbocycles. The molecule has 2 aliphatic rings. The highest BCUT2D eigenvalue weighted by Crippen LogP contribution is 2.17. The Morgan fingerprint density at radius 3 is 2.80 bits per heavy atom. The third kappa shape index (κ3) is 4.09.